The van der Waals surface area contributed by atoms with E-state index < -0.39 is 0 Å². The SMILES string of the molecule is COCCOCc1cccc(NCc2cccc(Br)c2)c1. The first-order chi connectivity index (χ1) is 10.3. The third-order valence-corrected chi connectivity index (χ3v) is 3.51. The van der Waals surface area contributed by atoms with Gasteiger partial charge >= 0.3 is 0 Å². The van der Waals surface area contributed by atoms with E-state index in [2.05, 4.69) is 51.6 Å². The lowest BCUT2D eigenvalue weighted by atomic mass is 10.2. The molecule has 0 fully saturated rings. The van der Waals surface area contributed by atoms with E-state index >= 15 is 0 Å². The molecule has 0 aliphatic heterocycles. The predicted octanol–water partition coefficient (Wildman–Crippen LogP) is 4.22. The van der Waals surface area contributed by atoms with Crippen molar-refractivity contribution in [2.75, 3.05) is 25.6 Å². The van der Waals surface area contributed by atoms with Gasteiger partial charge in [0, 0.05) is 23.8 Å². The van der Waals surface area contributed by atoms with E-state index in [0.717, 1.165) is 22.3 Å². The van der Waals surface area contributed by atoms with Crippen molar-refractivity contribution in [1.29, 1.82) is 0 Å². The maximum atomic E-state index is 5.53. The quantitative estimate of drug-likeness (QED) is 0.723. The summed E-state index contributed by atoms with van der Waals surface area (Å²) < 4.78 is 11.6. The summed E-state index contributed by atoms with van der Waals surface area (Å²) in [5, 5.41) is 3.43. The van der Waals surface area contributed by atoms with Gasteiger partial charge in [-0.15, -0.1) is 0 Å². The summed E-state index contributed by atoms with van der Waals surface area (Å²) in [6, 6.07) is 16.6. The predicted molar refractivity (Wildman–Crippen MR) is 89.4 cm³/mol. The number of ether oxygens (including phenoxy) is 2. The minimum Gasteiger partial charge on any atom is -0.382 e. The van der Waals surface area contributed by atoms with E-state index in [-0.39, 0.29) is 0 Å². The van der Waals surface area contributed by atoms with Gasteiger partial charge in [-0.05, 0) is 35.4 Å². The van der Waals surface area contributed by atoms with Gasteiger partial charge < -0.3 is 14.8 Å². The van der Waals surface area contributed by atoms with Crippen LogP contribution in [0.1, 0.15) is 11.1 Å². The summed E-state index contributed by atoms with van der Waals surface area (Å²) in [6.07, 6.45) is 0. The summed E-state index contributed by atoms with van der Waals surface area (Å²) in [7, 11) is 1.68. The minimum atomic E-state index is 0.607. The van der Waals surface area contributed by atoms with Gasteiger partial charge in [0.2, 0.25) is 0 Å². The van der Waals surface area contributed by atoms with Crippen molar-refractivity contribution in [2.45, 2.75) is 13.2 Å². The van der Waals surface area contributed by atoms with Crippen molar-refractivity contribution < 1.29 is 9.47 Å². The maximum absolute atomic E-state index is 5.53. The van der Waals surface area contributed by atoms with Crippen molar-refractivity contribution in [2.24, 2.45) is 0 Å². The van der Waals surface area contributed by atoms with Crippen LogP contribution in [0.15, 0.2) is 53.0 Å². The number of benzene rings is 2. The summed E-state index contributed by atoms with van der Waals surface area (Å²) in [5.41, 5.74) is 3.50. The van der Waals surface area contributed by atoms with Crippen LogP contribution in [0.2, 0.25) is 0 Å². The molecule has 2 rings (SSSR count). The van der Waals surface area contributed by atoms with Crippen molar-refractivity contribution in [1.82, 2.24) is 0 Å². The highest BCUT2D eigenvalue weighted by molar-refractivity contribution is 9.10. The average molecular weight is 350 g/mol. The molecule has 0 saturated carbocycles. The molecule has 2 aromatic rings. The molecule has 0 aliphatic carbocycles. The van der Waals surface area contributed by atoms with Crippen LogP contribution < -0.4 is 5.32 Å². The molecular formula is C17H20BrNO2. The number of hydrogen-bond acceptors (Lipinski definition) is 3. The minimum absolute atomic E-state index is 0.607. The van der Waals surface area contributed by atoms with E-state index in [1.165, 1.54) is 5.56 Å². The number of anilines is 1. The lowest BCUT2D eigenvalue weighted by molar-refractivity contribution is 0.0617. The standard InChI is InChI=1S/C17H20BrNO2/c1-20-8-9-21-13-15-5-3-7-17(11-15)19-12-14-4-2-6-16(18)10-14/h2-7,10-11,19H,8-9,12-13H2,1H3. The topological polar surface area (TPSA) is 30.5 Å². The van der Waals surface area contributed by atoms with Crippen LogP contribution >= 0.6 is 15.9 Å². The summed E-state index contributed by atoms with van der Waals surface area (Å²) in [5.74, 6) is 0. The van der Waals surface area contributed by atoms with E-state index in [9.17, 15) is 0 Å². The maximum Gasteiger partial charge on any atom is 0.0718 e. The molecule has 0 aromatic heterocycles. The van der Waals surface area contributed by atoms with Crippen LogP contribution in [0.3, 0.4) is 0 Å². The molecule has 0 saturated heterocycles. The number of hydrogen-bond donors (Lipinski definition) is 1. The molecule has 0 amide bonds. The Hall–Kier alpha value is -1.36. The summed E-state index contributed by atoms with van der Waals surface area (Å²) in [6.45, 7) is 2.65. The molecular weight excluding hydrogens is 330 g/mol. The van der Waals surface area contributed by atoms with Crippen molar-refractivity contribution in [3.05, 3.63) is 64.1 Å². The van der Waals surface area contributed by atoms with Crippen LogP contribution in [-0.4, -0.2) is 20.3 Å². The number of nitrogens with one attached hydrogen (secondary N) is 1. The van der Waals surface area contributed by atoms with Crippen LogP contribution in [-0.2, 0) is 22.6 Å². The fourth-order valence-corrected chi connectivity index (χ4v) is 2.40. The molecule has 0 radical (unpaired) electrons. The van der Waals surface area contributed by atoms with Crippen molar-refractivity contribution in [3.63, 3.8) is 0 Å². The zero-order chi connectivity index (χ0) is 14.9. The van der Waals surface area contributed by atoms with Gasteiger partial charge in [0.15, 0.2) is 0 Å². The number of rotatable bonds is 8. The molecule has 1 N–H and O–H groups in total. The Morgan fingerprint density at radius 2 is 1.81 bits per heavy atom. The van der Waals surface area contributed by atoms with Gasteiger partial charge in [-0.25, -0.2) is 0 Å². The second kappa shape index (κ2) is 8.82. The second-order valence-electron chi connectivity index (χ2n) is 4.73. The Kier molecular flexibility index (Phi) is 6.73. The average Bonchev–Trinajstić information content (AvgIpc) is 2.50. The second-order valence-corrected chi connectivity index (χ2v) is 5.64. The van der Waals surface area contributed by atoms with Crippen LogP contribution in [0, 0.1) is 0 Å². The lowest BCUT2D eigenvalue weighted by Gasteiger charge is -2.09. The molecule has 0 bridgehead atoms. The van der Waals surface area contributed by atoms with Crippen LogP contribution in [0.5, 0.6) is 0 Å². The molecule has 0 aliphatic rings. The molecule has 112 valence electrons. The van der Waals surface area contributed by atoms with E-state index in [1.54, 1.807) is 7.11 Å². The van der Waals surface area contributed by atoms with Gasteiger partial charge in [-0.2, -0.15) is 0 Å². The number of methoxy groups -OCH3 is 1. The highest BCUT2D eigenvalue weighted by Gasteiger charge is 1.98. The molecule has 2 aromatic carbocycles. The molecule has 4 heteroatoms. The van der Waals surface area contributed by atoms with E-state index in [1.807, 2.05) is 18.2 Å². The Bertz CT molecular complexity index is 560. The monoisotopic (exact) mass is 349 g/mol. The molecule has 0 atom stereocenters. The third-order valence-electron chi connectivity index (χ3n) is 3.01. The van der Waals surface area contributed by atoms with Gasteiger partial charge in [-0.3, -0.25) is 0 Å². The Morgan fingerprint density at radius 3 is 2.62 bits per heavy atom. The summed E-state index contributed by atoms with van der Waals surface area (Å²) >= 11 is 3.49. The smallest absolute Gasteiger partial charge is 0.0718 e. The fraction of sp³-hybridized carbons (Fsp3) is 0.294. The van der Waals surface area contributed by atoms with E-state index in [4.69, 9.17) is 9.47 Å². The first-order valence-electron chi connectivity index (χ1n) is 6.92. The fourth-order valence-electron chi connectivity index (χ4n) is 1.95. The largest absolute Gasteiger partial charge is 0.382 e. The molecule has 0 heterocycles. The van der Waals surface area contributed by atoms with Gasteiger partial charge in [0.25, 0.3) is 0 Å². The Morgan fingerprint density at radius 1 is 1.00 bits per heavy atom. The first-order valence-corrected chi connectivity index (χ1v) is 7.71. The highest BCUT2D eigenvalue weighted by atomic mass is 79.9. The lowest BCUT2D eigenvalue weighted by Crippen LogP contribution is -2.03. The summed E-state index contributed by atoms with van der Waals surface area (Å²) in [4.78, 5) is 0. The van der Waals surface area contributed by atoms with Gasteiger partial charge in [0.1, 0.15) is 0 Å². The zero-order valence-corrected chi connectivity index (χ0v) is 13.7. The van der Waals surface area contributed by atoms with Gasteiger partial charge in [0.05, 0.1) is 19.8 Å². The van der Waals surface area contributed by atoms with Crippen LogP contribution in [0.25, 0.3) is 0 Å². The van der Waals surface area contributed by atoms with E-state index in [0.29, 0.717) is 19.8 Å². The molecule has 0 unspecified atom stereocenters. The van der Waals surface area contributed by atoms with Crippen molar-refractivity contribution >= 4 is 21.6 Å². The Balaban J connectivity index is 1.86. The molecule has 3 nitrogen and oxygen atoms in total. The zero-order valence-electron chi connectivity index (χ0n) is 12.1. The van der Waals surface area contributed by atoms with Crippen LogP contribution in [0.4, 0.5) is 5.69 Å². The normalized spacial score (nSPS) is 10.6. The Labute approximate surface area is 134 Å². The third kappa shape index (κ3) is 5.87. The number of halogens is 1. The molecule has 21 heavy (non-hydrogen) atoms. The first kappa shape index (κ1) is 16.0. The van der Waals surface area contributed by atoms with Gasteiger partial charge in [-0.1, -0.05) is 40.2 Å². The van der Waals surface area contributed by atoms with Crippen molar-refractivity contribution in [3.8, 4) is 0 Å². The highest BCUT2D eigenvalue weighted by Crippen LogP contribution is 2.15. The molecule has 0 spiro atoms.